The predicted octanol–water partition coefficient (Wildman–Crippen LogP) is 14.2. The van der Waals surface area contributed by atoms with Crippen LogP contribution in [0.5, 0.6) is 126 Å². The van der Waals surface area contributed by atoms with E-state index in [4.69, 9.17) is 104 Å². The van der Waals surface area contributed by atoms with Crippen LogP contribution >= 0.6 is 0 Å². The van der Waals surface area contributed by atoms with Gasteiger partial charge in [0, 0.05) is 148 Å². The highest BCUT2D eigenvalue weighted by Gasteiger charge is 2.44. The topological polar surface area (TPSA) is 203 Å². The first-order valence-electron chi connectivity index (χ1n) is 32.9. The average Bonchev–Trinajstić information content (AvgIpc) is 0.737. The Kier molecular flexibility index (Phi) is 12.2. The molecule has 8 atom stereocenters. The summed E-state index contributed by atoms with van der Waals surface area (Å²) in [4.78, 5) is 0. The molecule has 0 radical (unpaired) electrons. The van der Waals surface area contributed by atoms with Crippen molar-refractivity contribution in [2.24, 2.45) is 0 Å². The molecule has 12 aliphatic rings. The minimum Gasteiger partial charge on any atom is -0.457 e. The Morgan fingerprint density at radius 2 is 0.258 bits per heavy atom. The summed E-state index contributed by atoms with van der Waals surface area (Å²) < 4.78 is 153. The number of benzene rings is 8. The second kappa shape index (κ2) is 20.9. The molecule has 12 heterocycles. The van der Waals surface area contributed by atoms with Crippen molar-refractivity contribution in [2.45, 2.75) is 103 Å². The van der Waals surface area contributed by atoms with Crippen molar-refractivity contribution in [1.29, 1.82) is 0 Å². The lowest BCUT2D eigenvalue weighted by molar-refractivity contribution is 0.0484. The lowest BCUT2D eigenvalue weighted by Gasteiger charge is -2.35. The highest BCUT2D eigenvalue weighted by molar-refractivity contribution is 5.75. The van der Waals surface area contributed by atoms with Gasteiger partial charge in [0.25, 0.3) is 0 Å². The van der Waals surface area contributed by atoms with Crippen molar-refractivity contribution in [3.63, 3.8) is 0 Å². The summed E-state index contributed by atoms with van der Waals surface area (Å²) in [6, 6.07) is 20.9. The van der Waals surface area contributed by atoms with Gasteiger partial charge in [-0.1, -0.05) is 55.4 Å². The molecule has 22 bridgehead atoms. The average molecular weight is 1320 g/mol. The molecule has 0 aliphatic carbocycles. The van der Waals surface area contributed by atoms with Crippen LogP contribution in [0, 0.1) is 0 Å². The van der Waals surface area contributed by atoms with Crippen molar-refractivity contribution < 1.29 is 104 Å². The van der Waals surface area contributed by atoms with Crippen LogP contribution in [0.1, 0.15) is 192 Å². The molecule has 8 aromatic rings. The molecule has 12 aliphatic heterocycles. The second-order valence-corrected chi connectivity index (χ2v) is 26.4. The molecule has 0 N–H and O–H groups in total. The van der Waals surface area contributed by atoms with E-state index in [0.717, 1.165) is 89.0 Å². The summed E-state index contributed by atoms with van der Waals surface area (Å²) in [5.41, 5.74) is 12.4. The molecule has 8 aromatic carbocycles. The number of fused-ring (bicyclic) bond motifs is 16. The first kappa shape index (κ1) is 56.7. The first-order chi connectivity index (χ1) is 47.4. The van der Waals surface area contributed by atoms with Gasteiger partial charge in [-0.25, -0.2) is 0 Å². The van der Waals surface area contributed by atoms with Gasteiger partial charge < -0.3 is 104 Å². The number of rotatable bonds is 0. The zero-order valence-corrected chi connectivity index (χ0v) is 54.2. The molecular weight excluding hydrogens is 1250 g/mol. The molecule has 20 rings (SSSR count). The standard InChI is InChI=1S/C75H64O22/c1-30-38-9-39-31(2)43-12-47-35(6)51-15-50-34(5)46-11-42(30)58-70-62(46)84-23-88-66(50)74-67(51)89-24-85-63(47)71(59(43)81-20-77-55(39)17-54(38)76-19-80-58)94-28-95-73-61-45-14-49-37(8)53-16-52-36(7)48-13-44-32(3)40-10-41(33(45)4)57(79-22-83-61)18-56(40)78-21-82-60(44)72(93-27-92-70)64(48)86-25-90-68(52)75(97-29-96-74)69(53)91-26-87-65(49)73/h9-18,30-37H,19-29H2,1-8H3. The summed E-state index contributed by atoms with van der Waals surface area (Å²) in [6.45, 7) is 13.3. The molecule has 8 unspecified atom stereocenters. The number of hydrogen-bond acceptors (Lipinski definition) is 22. The van der Waals surface area contributed by atoms with Gasteiger partial charge in [-0.15, -0.1) is 0 Å². The largest absolute Gasteiger partial charge is 0.457 e. The van der Waals surface area contributed by atoms with Gasteiger partial charge in [0.2, 0.25) is 109 Å². The summed E-state index contributed by atoms with van der Waals surface area (Å²) >= 11 is 0. The molecule has 0 saturated heterocycles. The van der Waals surface area contributed by atoms with Crippen molar-refractivity contribution in [2.75, 3.05) is 74.7 Å². The van der Waals surface area contributed by atoms with Crippen LogP contribution in [0.3, 0.4) is 0 Å². The fourth-order valence-electron chi connectivity index (χ4n) is 16.4. The third kappa shape index (κ3) is 8.06. The first-order valence-corrected chi connectivity index (χ1v) is 32.9. The molecule has 0 aromatic heterocycles. The maximum atomic E-state index is 7.21. The molecule has 496 valence electrons. The van der Waals surface area contributed by atoms with Gasteiger partial charge in [0.1, 0.15) is 23.0 Å². The van der Waals surface area contributed by atoms with E-state index >= 15 is 0 Å². The third-order valence-corrected chi connectivity index (χ3v) is 21.8. The fraction of sp³-hybridized carbons (Fsp3) is 0.360. The van der Waals surface area contributed by atoms with E-state index < -0.39 is 67.7 Å². The highest BCUT2D eigenvalue weighted by Crippen LogP contribution is 2.64. The number of hydrogen-bond donors (Lipinski definition) is 0. The Balaban J connectivity index is 0.949. The molecule has 22 heteroatoms. The van der Waals surface area contributed by atoms with Gasteiger partial charge in [-0.05, 0) is 48.5 Å². The zero-order chi connectivity index (χ0) is 65.0. The van der Waals surface area contributed by atoms with Gasteiger partial charge in [-0.3, -0.25) is 0 Å². The van der Waals surface area contributed by atoms with Gasteiger partial charge in [0.15, 0.2) is 69.0 Å². The summed E-state index contributed by atoms with van der Waals surface area (Å²) in [5, 5.41) is 0. The smallest absolute Gasteiger partial charge is 0.231 e. The van der Waals surface area contributed by atoms with Gasteiger partial charge in [0.05, 0.1) is 0 Å². The zero-order valence-electron chi connectivity index (χ0n) is 54.2. The van der Waals surface area contributed by atoms with Crippen LogP contribution in [0.25, 0.3) is 0 Å². The minimum absolute atomic E-state index is 0.225. The Morgan fingerprint density at radius 3 is 0.412 bits per heavy atom. The van der Waals surface area contributed by atoms with Crippen LogP contribution in [-0.4, -0.2) is 74.7 Å². The van der Waals surface area contributed by atoms with Crippen LogP contribution < -0.4 is 104 Å². The Bertz CT molecular complexity index is 4220. The second-order valence-electron chi connectivity index (χ2n) is 26.4. The van der Waals surface area contributed by atoms with Crippen molar-refractivity contribution >= 4 is 0 Å². The van der Waals surface area contributed by atoms with E-state index in [1.807, 2.05) is 12.1 Å². The Morgan fingerprint density at radius 1 is 0.144 bits per heavy atom. The van der Waals surface area contributed by atoms with E-state index in [9.17, 15) is 0 Å². The van der Waals surface area contributed by atoms with Crippen LogP contribution in [0.4, 0.5) is 0 Å². The van der Waals surface area contributed by atoms with Crippen molar-refractivity contribution in [1.82, 2.24) is 0 Å². The van der Waals surface area contributed by atoms with Crippen LogP contribution in [0.2, 0.25) is 0 Å². The maximum Gasteiger partial charge on any atom is 0.231 e. The van der Waals surface area contributed by atoms with E-state index in [-0.39, 0.29) is 88.8 Å². The molecule has 0 amide bonds. The Hall–Kier alpha value is -10.6. The molecule has 22 nitrogen and oxygen atoms in total. The van der Waals surface area contributed by atoms with E-state index in [2.05, 4.69) is 104 Å². The minimum atomic E-state index is -0.542. The Labute approximate surface area is 555 Å². The van der Waals surface area contributed by atoms with Gasteiger partial charge in [-0.2, -0.15) is 0 Å². The summed E-state index contributed by atoms with van der Waals surface area (Å²) in [6.07, 6.45) is 0. The third-order valence-electron chi connectivity index (χ3n) is 21.8. The van der Waals surface area contributed by atoms with Crippen molar-refractivity contribution in [3.8, 4) is 126 Å². The summed E-state index contributed by atoms with van der Waals surface area (Å²) in [5.74, 6) is 4.00. The van der Waals surface area contributed by atoms with E-state index in [1.165, 1.54) is 0 Å². The molecule has 97 heavy (non-hydrogen) atoms. The van der Waals surface area contributed by atoms with Crippen molar-refractivity contribution in [3.05, 3.63) is 150 Å². The predicted molar refractivity (Wildman–Crippen MR) is 339 cm³/mol. The fourth-order valence-corrected chi connectivity index (χ4v) is 16.4. The van der Waals surface area contributed by atoms with Crippen LogP contribution in [0.15, 0.2) is 60.7 Å². The lowest BCUT2D eigenvalue weighted by Crippen LogP contribution is -2.25. The van der Waals surface area contributed by atoms with Gasteiger partial charge >= 0.3 is 0 Å². The lowest BCUT2D eigenvalue weighted by atomic mass is 9.80. The normalized spacial score (nSPS) is 23.4. The summed E-state index contributed by atoms with van der Waals surface area (Å²) in [7, 11) is 0. The number of ether oxygens (including phenoxy) is 22. The molecule has 0 fully saturated rings. The molecular formula is C75H64O22. The quantitative estimate of drug-likeness (QED) is 0.138. The van der Waals surface area contributed by atoms with E-state index in [1.54, 1.807) is 0 Å². The molecule has 0 saturated carbocycles. The monoisotopic (exact) mass is 1320 g/mol. The van der Waals surface area contributed by atoms with E-state index in [0.29, 0.717) is 92.0 Å². The van der Waals surface area contributed by atoms with Crippen LogP contribution in [-0.2, 0) is 0 Å². The highest BCUT2D eigenvalue weighted by atomic mass is 16.8. The SMILES string of the molecule is CC1c2cc3c4cc2OCOc2c1cc1c5c2OCOc2c6c7cc8c2OCOc2c(cc9c%10c2OCOc2c(c(cc%11c2OCOc2c(cc(c(c2OCOc2c%12c(cc(c2OCO%10)C9C)C(C)c2cc(c(cc2OCO%12)OCO6)C7C)OCO4)C3C)C%11C)C1C)OCO5)C8C. The molecule has 0 spiro atoms. The maximum absolute atomic E-state index is 7.21.